The predicted octanol–water partition coefficient (Wildman–Crippen LogP) is 5.40. The maximum absolute atomic E-state index is 14.4. The van der Waals surface area contributed by atoms with Gasteiger partial charge in [0.2, 0.25) is 11.8 Å². The number of benzene rings is 1. The second-order valence-corrected chi connectivity index (χ2v) is 14.8. The van der Waals surface area contributed by atoms with Crippen molar-refractivity contribution in [2.24, 2.45) is 11.8 Å². The third kappa shape index (κ3) is 7.41. The Balaban J connectivity index is 0.977. The minimum Gasteiger partial charge on any atom is -0.453 e. The Morgan fingerprint density at radius 2 is 1.36 bits per heavy atom. The van der Waals surface area contributed by atoms with E-state index < -0.39 is 30.0 Å². The van der Waals surface area contributed by atoms with Crippen molar-refractivity contribution in [3.05, 3.63) is 60.2 Å². The molecule has 3 aromatic heterocycles. The highest BCUT2D eigenvalue weighted by atomic mass is 19.4. The van der Waals surface area contributed by atoms with E-state index in [1.807, 2.05) is 11.9 Å². The van der Waals surface area contributed by atoms with E-state index in [-0.39, 0.29) is 46.9 Å². The van der Waals surface area contributed by atoms with Gasteiger partial charge in [-0.3, -0.25) is 9.59 Å². The number of ether oxygens (including phenoxy) is 1. The number of H-pyrrole nitrogens is 2. The molecule has 2 saturated carbocycles. The topological polar surface area (TPSA) is 174 Å². The molecule has 4 N–H and O–H groups in total. The molecule has 14 nitrogen and oxygen atoms in total. The molecule has 0 spiro atoms. The van der Waals surface area contributed by atoms with Crippen LogP contribution < -0.4 is 10.6 Å². The first kappa shape index (κ1) is 36.6. The number of likely N-dealkylation sites (tertiary alicyclic amines) is 2. The summed E-state index contributed by atoms with van der Waals surface area (Å²) in [6.45, 7) is 1.03. The van der Waals surface area contributed by atoms with E-state index in [4.69, 9.17) is 4.74 Å². The average molecular weight is 761 g/mol. The number of amides is 3. The number of alkyl halides is 3. The van der Waals surface area contributed by atoms with Crippen molar-refractivity contribution < 1.29 is 32.3 Å². The number of halogens is 3. The minimum absolute atomic E-state index is 0.0402. The zero-order valence-electron chi connectivity index (χ0n) is 30.5. The molecule has 8 rings (SSSR count). The van der Waals surface area contributed by atoms with Gasteiger partial charge < -0.3 is 35.1 Å². The first-order valence-corrected chi connectivity index (χ1v) is 18.8. The van der Waals surface area contributed by atoms with Gasteiger partial charge >= 0.3 is 12.3 Å². The second-order valence-electron chi connectivity index (χ2n) is 14.8. The van der Waals surface area contributed by atoms with Crippen LogP contribution in [-0.2, 0) is 20.5 Å². The van der Waals surface area contributed by atoms with Gasteiger partial charge in [0.1, 0.15) is 29.1 Å². The zero-order chi connectivity index (χ0) is 38.4. The van der Waals surface area contributed by atoms with Crippen molar-refractivity contribution in [2.45, 2.75) is 81.7 Å². The molecule has 5 heterocycles. The number of imidazole rings is 2. The number of nitrogens with zero attached hydrogens (tertiary/aromatic N) is 6. The Labute approximate surface area is 315 Å². The molecule has 1 aromatic carbocycles. The fraction of sp³-hybridized carbons (Fsp3) is 0.500. The van der Waals surface area contributed by atoms with Crippen LogP contribution in [0.4, 0.5) is 18.0 Å². The number of carbonyl (C=O) groups is 3. The third-order valence-corrected chi connectivity index (χ3v) is 11.2. The highest BCUT2D eigenvalue weighted by Gasteiger charge is 2.45. The smallest absolute Gasteiger partial charge is 0.433 e. The van der Waals surface area contributed by atoms with Gasteiger partial charge in [0.25, 0.3) is 0 Å². The van der Waals surface area contributed by atoms with E-state index in [2.05, 4.69) is 40.5 Å². The van der Waals surface area contributed by atoms with E-state index >= 15 is 0 Å². The van der Waals surface area contributed by atoms with Crippen LogP contribution in [0, 0.1) is 11.8 Å². The molecule has 290 valence electrons. The molecule has 4 fully saturated rings. The normalized spacial score (nSPS) is 21.1. The van der Waals surface area contributed by atoms with Crippen molar-refractivity contribution in [2.75, 3.05) is 27.2 Å². The van der Waals surface area contributed by atoms with Crippen molar-refractivity contribution in [1.29, 1.82) is 0 Å². The highest BCUT2D eigenvalue weighted by Crippen LogP contribution is 2.42. The summed E-state index contributed by atoms with van der Waals surface area (Å²) < 4.78 is 47.9. The minimum atomic E-state index is -4.74. The lowest BCUT2D eigenvalue weighted by atomic mass is 10.1. The lowest BCUT2D eigenvalue weighted by Crippen LogP contribution is -2.49. The molecule has 2 saturated heterocycles. The summed E-state index contributed by atoms with van der Waals surface area (Å²) in [5, 5.41) is 5.81. The number of carbonyl (C=O) groups excluding carboxylic acids is 3. The standard InChI is InChI=1S/C38H43F3N10O4/c1-42-29(21-7-8-21)35(52)50-15-3-5-26(50)33-45-19-25(46-33)24-17-43-32(44-18-24)23-13-11-20(12-14-23)28-31(38(39,40)41)49-34(47-28)27-6-4-16-51(27)36(53)30(22-9-10-22)48-37(54)55-2/h11-14,17-19,21-22,26-27,29-30,42H,3-10,15-16H2,1-2H3,(H,45,46)(H,47,49)(H,48,54)/t26?,27-,29?,30?/m0/s1. The van der Waals surface area contributed by atoms with E-state index in [9.17, 15) is 27.6 Å². The third-order valence-electron chi connectivity index (χ3n) is 11.2. The van der Waals surface area contributed by atoms with E-state index in [1.165, 1.54) is 12.0 Å². The highest BCUT2D eigenvalue weighted by molar-refractivity contribution is 5.87. The Bertz CT molecular complexity index is 2040. The van der Waals surface area contributed by atoms with Crippen LogP contribution in [0.25, 0.3) is 33.9 Å². The van der Waals surface area contributed by atoms with Crippen molar-refractivity contribution in [3.8, 4) is 33.9 Å². The number of methoxy groups -OCH3 is 1. The number of hydrogen-bond acceptors (Lipinski definition) is 9. The Morgan fingerprint density at radius 3 is 1.95 bits per heavy atom. The number of rotatable bonds is 11. The number of hydrogen-bond donors (Lipinski definition) is 4. The van der Waals surface area contributed by atoms with Crippen LogP contribution in [0.2, 0.25) is 0 Å². The van der Waals surface area contributed by atoms with E-state index in [0.29, 0.717) is 54.5 Å². The van der Waals surface area contributed by atoms with Crippen molar-refractivity contribution in [1.82, 2.24) is 50.3 Å². The molecule has 55 heavy (non-hydrogen) atoms. The first-order chi connectivity index (χ1) is 26.5. The summed E-state index contributed by atoms with van der Waals surface area (Å²) in [5.41, 5.74) is 0.957. The number of aromatic nitrogens is 6. The quantitative estimate of drug-likeness (QED) is 0.156. The summed E-state index contributed by atoms with van der Waals surface area (Å²) in [6.07, 6.45) is 5.94. The summed E-state index contributed by atoms with van der Waals surface area (Å²) in [7, 11) is 3.05. The number of likely N-dealkylation sites (N-methyl/N-ethyl adjacent to an activating group) is 1. The van der Waals surface area contributed by atoms with Crippen LogP contribution in [0.3, 0.4) is 0 Å². The molecule has 0 bridgehead atoms. The van der Waals surface area contributed by atoms with Gasteiger partial charge in [0.05, 0.1) is 37.1 Å². The molecular formula is C38H43F3N10O4. The average Bonchev–Trinajstić information content (AvgIpc) is 3.91. The molecule has 17 heteroatoms. The van der Waals surface area contributed by atoms with E-state index in [0.717, 1.165) is 44.3 Å². The molecule has 2 aliphatic carbocycles. The van der Waals surface area contributed by atoms with Gasteiger partial charge in [-0.15, -0.1) is 0 Å². The molecule has 4 aliphatic rings. The fourth-order valence-electron chi connectivity index (χ4n) is 7.98. The number of aromatic amines is 2. The SMILES string of the molecule is CNC(C(=O)N1CCCC1c1ncc(-c2cnc(-c3ccc(-c4nc([C@@H]5CCCN5C(=O)C(NC(=O)OC)C5CC5)[nH]c4C(F)(F)F)cc3)nc2)[nH]1)C1CC1. The molecule has 3 unspecified atom stereocenters. The largest absolute Gasteiger partial charge is 0.453 e. The van der Waals surface area contributed by atoms with Crippen LogP contribution in [-0.4, -0.2) is 96.9 Å². The first-order valence-electron chi connectivity index (χ1n) is 18.8. The van der Waals surface area contributed by atoms with Crippen molar-refractivity contribution in [3.63, 3.8) is 0 Å². The molecule has 0 radical (unpaired) electrons. The summed E-state index contributed by atoms with van der Waals surface area (Å²) in [4.78, 5) is 66.3. The monoisotopic (exact) mass is 760 g/mol. The van der Waals surface area contributed by atoms with Crippen LogP contribution >= 0.6 is 0 Å². The molecule has 4 aromatic rings. The molecular weight excluding hydrogens is 717 g/mol. The van der Waals surface area contributed by atoms with Crippen LogP contribution in [0.5, 0.6) is 0 Å². The van der Waals surface area contributed by atoms with Crippen LogP contribution in [0.15, 0.2) is 42.9 Å². The molecule has 2 aliphatic heterocycles. The lowest BCUT2D eigenvalue weighted by molar-refractivity contribution is -0.140. The maximum Gasteiger partial charge on any atom is 0.433 e. The molecule has 4 atom stereocenters. The van der Waals surface area contributed by atoms with Gasteiger partial charge in [-0.1, -0.05) is 24.3 Å². The van der Waals surface area contributed by atoms with Gasteiger partial charge in [-0.25, -0.2) is 24.7 Å². The Hall–Kier alpha value is -5.32. The van der Waals surface area contributed by atoms with E-state index in [1.54, 1.807) is 42.9 Å². The van der Waals surface area contributed by atoms with Gasteiger partial charge in [0.15, 0.2) is 5.82 Å². The van der Waals surface area contributed by atoms with Gasteiger partial charge in [0, 0.05) is 42.2 Å². The predicted molar refractivity (Wildman–Crippen MR) is 193 cm³/mol. The van der Waals surface area contributed by atoms with Gasteiger partial charge in [-0.2, -0.15) is 13.2 Å². The van der Waals surface area contributed by atoms with Crippen LogP contribution in [0.1, 0.15) is 80.8 Å². The number of alkyl carbamates (subject to hydrolysis) is 1. The number of nitrogens with one attached hydrogen (secondary N) is 4. The van der Waals surface area contributed by atoms with Gasteiger partial charge in [-0.05, 0) is 70.3 Å². The maximum atomic E-state index is 14.4. The molecule has 3 amide bonds. The zero-order valence-corrected chi connectivity index (χ0v) is 30.5. The second kappa shape index (κ2) is 14.7. The summed E-state index contributed by atoms with van der Waals surface area (Å²) in [5.74, 6) is 1.25. The van der Waals surface area contributed by atoms with Crippen molar-refractivity contribution >= 4 is 17.9 Å². The Morgan fingerprint density at radius 1 is 0.782 bits per heavy atom. The lowest BCUT2D eigenvalue weighted by Gasteiger charge is -2.28. The Kier molecular flexibility index (Phi) is 9.81. The fourth-order valence-corrected chi connectivity index (χ4v) is 7.98. The summed E-state index contributed by atoms with van der Waals surface area (Å²) >= 11 is 0. The summed E-state index contributed by atoms with van der Waals surface area (Å²) in [6, 6.07) is 4.54.